The Hall–Kier alpha value is -2.23. The van der Waals surface area contributed by atoms with Crippen LogP contribution in [0.4, 0.5) is 11.5 Å². The number of hydrogen-bond acceptors (Lipinski definition) is 8. The number of sulfone groups is 1. The normalized spacial score (nSPS) is 20.7. The summed E-state index contributed by atoms with van der Waals surface area (Å²) in [6.45, 7) is 3.37. The molecule has 1 aromatic carbocycles. The van der Waals surface area contributed by atoms with Crippen molar-refractivity contribution in [2.75, 3.05) is 50.2 Å². The van der Waals surface area contributed by atoms with E-state index in [1.165, 1.54) is 6.20 Å². The molecule has 1 aromatic heterocycles. The second kappa shape index (κ2) is 7.41. The highest BCUT2D eigenvalue weighted by atomic mass is 32.2. The summed E-state index contributed by atoms with van der Waals surface area (Å²) in [6.07, 6.45) is 3.54. The number of nitrogen functional groups attached to an aromatic ring is 1. The van der Waals surface area contributed by atoms with Crippen LogP contribution in [0, 0.1) is 0 Å². The maximum atomic E-state index is 13.1. The van der Waals surface area contributed by atoms with Crippen molar-refractivity contribution in [2.24, 2.45) is 0 Å². The largest absolute Gasteiger partial charge is 0.382 e. The molecule has 8 nitrogen and oxygen atoms in total. The summed E-state index contributed by atoms with van der Waals surface area (Å²) in [5.74, 6) is 0.319. The molecule has 4 rings (SSSR count). The molecule has 0 radical (unpaired) electrons. The highest BCUT2D eigenvalue weighted by Crippen LogP contribution is 2.31. The van der Waals surface area contributed by atoms with E-state index in [-0.39, 0.29) is 11.5 Å². The van der Waals surface area contributed by atoms with Gasteiger partial charge in [-0.2, -0.15) is 0 Å². The van der Waals surface area contributed by atoms with Crippen LogP contribution in [0.5, 0.6) is 0 Å². The molecule has 2 fully saturated rings. The average Bonchev–Trinajstić information content (AvgIpc) is 3.25. The molecule has 0 aliphatic carbocycles. The highest BCUT2D eigenvalue weighted by Gasteiger charge is 2.32. The Kier molecular flexibility index (Phi) is 4.98. The van der Waals surface area contributed by atoms with Crippen LogP contribution in [0.3, 0.4) is 0 Å². The second-order valence-corrected chi connectivity index (χ2v) is 8.90. The Morgan fingerprint density at radius 3 is 2.52 bits per heavy atom. The first-order valence-electron chi connectivity index (χ1n) is 8.91. The second-order valence-electron chi connectivity index (χ2n) is 6.67. The number of nitrogens with two attached hydrogens (primary N) is 1. The van der Waals surface area contributed by atoms with Crippen LogP contribution in [0.2, 0.25) is 0 Å². The van der Waals surface area contributed by atoms with Crippen LogP contribution in [0.25, 0.3) is 11.3 Å². The number of anilines is 2. The Bertz CT molecular complexity index is 905. The number of hydrogen-bond donors (Lipinski definition) is 1. The first-order chi connectivity index (χ1) is 13.0. The Labute approximate surface area is 158 Å². The molecule has 0 bridgehead atoms. The molecule has 144 valence electrons. The molecule has 0 spiro atoms. The zero-order valence-electron chi connectivity index (χ0n) is 14.9. The van der Waals surface area contributed by atoms with Crippen molar-refractivity contribution in [3.63, 3.8) is 0 Å². The van der Waals surface area contributed by atoms with Gasteiger partial charge in [-0.05, 0) is 24.6 Å². The first kappa shape index (κ1) is 18.1. The molecule has 2 aromatic rings. The SMILES string of the molecule is Nc1cnc(-c2cc(N3CCOCC3)cc(S(=O)(=O)C3CCOC3)c2)cn1. The standard InChI is InChI=1S/C18H22N4O4S/c19-18-11-20-17(10-21-18)13-7-14(22-2-5-25-6-3-22)9-16(8-13)27(23,24)15-1-4-26-12-15/h7-11,15H,1-6,12H2,(H2,19,21). The maximum absolute atomic E-state index is 13.1. The van der Waals surface area contributed by atoms with Gasteiger partial charge in [-0.1, -0.05) is 0 Å². The van der Waals surface area contributed by atoms with Gasteiger partial charge in [0.05, 0.1) is 48.1 Å². The van der Waals surface area contributed by atoms with Crippen LogP contribution in [-0.2, 0) is 19.3 Å². The van der Waals surface area contributed by atoms with E-state index in [9.17, 15) is 8.42 Å². The number of nitrogens with zero attached hydrogens (tertiary/aromatic N) is 3. The molecule has 2 aliphatic rings. The molecule has 9 heteroatoms. The zero-order valence-corrected chi connectivity index (χ0v) is 15.7. The van der Waals surface area contributed by atoms with Gasteiger partial charge in [0, 0.05) is 30.9 Å². The summed E-state index contributed by atoms with van der Waals surface area (Å²) < 4.78 is 37.0. The van der Waals surface area contributed by atoms with Gasteiger partial charge in [0.1, 0.15) is 5.82 Å². The smallest absolute Gasteiger partial charge is 0.183 e. The van der Waals surface area contributed by atoms with Crippen molar-refractivity contribution in [1.29, 1.82) is 0 Å². The van der Waals surface area contributed by atoms with E-state index in [1.807, 2.05) is 6.07 Å². The fraction of sp³-hybridized carbons (Fsp3) is 0.444. The fourth-order valence-corrected chi connectivity index (χ4v) is 4.98. The quantitative estimate of drug-likeness (QED) is 0.828. The van der Waals surface area contributed by atoms with Crippen molar-refractivity contribution < 1.29 is 17.9 Å². The minimum atomic E-state index is -3.49. The first-order valence-corrected chi connectivity index (χ1v) is 10.5. The average molecular weight is 390 g/mol. The van der Waals surface area contributed by atoms with E-state index in [2.05, 4.69) is 14.9 Å². The van der Waals surface area contributed by atoms with Crippen LogP contribution in [-0.4, -0.2) is 63.2 Å². The molecule has 0 saturated carbocycles. The lowest BCUT2D eigenvalue weighted by atomic mass is 10.1. The van der Waals surface area contributed by atoms with Gasteiger partial charge in [0.25, 0.3) is 0 Å². The molecule has 2 N–H and O–H groups in total. The summed E-state index contributed by atoms with van der Waals surface area (Å²) in [6, 6.07) is 5.35. The molecule has 2 saturated heterocycles. The van der Waals surface area contributed by atoms with Crippen LogP contribution in [0.1, 0.15) is 6.42 Å². The zero-order chi connectivity index (χ0) is 18.9. The van der Waals surface area contributed by atoms with E-state index in [0.29, 0.717) is 56.4 Å². The number of aromatic nitrogens is 2. The predicted molar refractivity (Wildman–Crippen MR) is 101 cm³/mol. The van der Waals surface area contributed by atoms with Crippen LogP contribution < -0.4 is 10.6 Å². The lowest BCUT2D eigenvalue weighted by molar-refractivity contribution is 0.122. The van der Waals surface area contributed by atoms with Gasteiger partial charge < -0.3 is 20.1 Å². The van der Waals surface area contributed by atoms with Gasteiger partial charge in [-0.25, -0.2) is 13.4 Å². The highest BCUT2D eigenvalue weighted by molar-refractivity contribution is 7.92. The summed E-state index contributed by atoms with van der Waals surface area (Å²) in [4.78, 5) is 10.8. The van der Waals surface area contributed by atoms with Gasteiger partial charge in [-0.15, -0.1) is 0 Å². The van der Waals surface area contributed by atoms with Crippen LogP contribution in [0.15, 0.2) is 35.5 Å². The van der Waals surface area contributed by atoms with Gasteiger partial charge in [0.15, 0.2) is 9.84 Å². The topological polar surface area (TPSA) is 108 Å². The maximum Gasteiger partial charge on any atom is 0.183 e. The fourth-order valence-electron chi connectivity index (χ4n) is 3.34. The number of ether oxygens (including phenoxy) is 2. The van der Waals surface area contributed by atoms with E-state index < -0.39 is 15.1 Å². The van der Waals surface area contributed by atoms with Crippen molar-refractivity contribution in [3.8, 4) is 11.3 Å². The Morgan fingerprint density at radius 1 is 1.04 bits per heavy atom. The molecule has 1 unspecified atom stereocenters. The summed E-state index contributed by atoms with van der Waals surface area (Å²) in [5.41, 5.74) is 7.75. The molecule has 2 aliphatic heterocycles. The predicted octanol–water partition coefficient (Wildman–Crippen LogP) is 1.12. The van der Waals surface area contributed by atoms with E-state index >= 15 is 0 Å². The van der Waals surface area contributed by atoms with Crippen molar-refractivity contribution in [2.45, 2.75) is 16.6 Å². The molecular formula is C18H22N4O4S. The number of benzene rings is 1. The third-order valence-electron chi connectivity index (χ3n) is 4.89. The molecule has 1 atom stereocenters. The minimum absolute atomic E-state index is 0.237. The third kappa shape index (κ3) is 3.76. The third-order valence-corrected chi connectivity index (χ3v) is 7.03. The van der Waals surface area contributed by atoms with Gasteiger partial charge >= 0.3 is 0 Å². The van der Waals surface area contributed by atoms with Gasteiger partial charge in [0.2, 0.25) is 0 Å². The van der Waals surface area contributed by atoms with E-state index in [4.69, 9.17) is 15.2 Å². The van der Waals surface area contributed by atoms with Crippen molar-refractivity contribution in [3.05, 3.63) is 30.6 Å². The van der Waals surface area contributed by atoms with Crippen LogP contribution >= 0.6 is 0 Å². The monoisotopic (exact) mass is 390 g/mol. The van der Waals surface area contributed by atoms with Gasteiger partial charge in [-0.3, -0.25) is 4.98 Å². The van der Waals surface area contributed by atoms with E-state index in [1.54, 1.807) is 18.3 Å². The summed E-state index contributed by atoms with van der Waals surface area (Å²) in [5, 5.41) is -0.511. The van der Waals surface area contributed by atoms with Crippen molar-refractivity contribution >= 4 is 21.3 Å². The molecular weight excluding hydrogens is 368 g/mol. The lowest BCUT2D eigenvalue weighted by Crippen LogP contribution is -2.36. The molecule has 3 heterocycles. The molecule has 0 amide bonds. The summed E-state index contributed by atoms with van der Waals surface area (Å²) >= 11 is 0. The summed E-state index contributed by atoms with van der Waals surface area (Å²) in [7, 11) is -3.49. The Morgan fingerprint density at radius 2 is 1.85 bits per heavy atom. The number of morpholine rings is 1. The number of rotatable bonds is 4. The van der Waals surface area contributed by atoms with E-state index in [0.717, 1.165) is 5.69 Å². The minimum Gasteiger partial charge on any atom is -0.382 e. The van der Waals surface area contributed by atoms with Crippen molar-refractivity contribution in [1.82, 2.24) is 9.97 Å². The lowest BCUT2D eigenvalue weighted by Gasteiger charge is -2.29. The molecule has 27 heavy (non-hydrogen) atoms. The Balaban J connectivity index is 1.79.